The highest BCUT2D eigenvalue weighted by Crippen LogP contribution is 2.31. The van der Waals surface area contributed by atoms with Crippen LogP contribution in [-0.4, -0.2) is 72.8 Å². The standard InChI is InChI=1S/C18H28N4O3.2ClH/c1-20(2)12-14-4-5-16(25-14)18(24)21-9-7-15-13(11-21)3-6-17(23)22(15)10-8-19;;/h4-5,13,15H,3,6-12,19H2,1-2H3;2*1H/t13-,15+;;/m0../s1. The Morgan fingerprint density at radius 1 is 1.30 bits per heavy atom. The Balaban J connectivity index is 0.00000182. The molecular weight excluding hydrogens is 391 g/mol. The predicted octanol–water partition coefficient (Wildman–Crippen LogP) is 1.60. The number of carbonyl (C=O) groups excluding carboxylic acids is 2. The maximum atomic E-state index is 12.8. The number of nitrogens with zero attached hydrogens (tertiary/aromatic N) is 3. The predicted molar refractivity (Wildman–Crippen MR) is 108 cm³/mol. The molecule has 9 heteroatoms. The lowest BCUT2D eigenvalue weighted by atomic mass is 9.83. The maximum absolute atomic E-state index is 12.8. The topological polar surface area (TPSA) is 83.0 Å². The van der Waals surface area contributed by atoms with Gasteiger partial charge in [0.2, 0.25) is 5.91 Å². The van der Waals surface area contributed by atoms with E-state index in [1.165, 1.54) is 0 Å². The van der Waals surface area contributed by atoms with E-state index in [4.69, 9.17) is 10.2 Å². The van der Waals surface area contributed by atoms with E-state index in [1.54, 1.807) is 6.07 Å². The van der Waals surface area contributed by atoms with Gasteiger partial charge in [-0.3, -0.25) is 9.59 Å². The third-order valence-corrected chi connectivity index (χ3v) is 5.15. The molecule has 0 radical (unpaired) electrons. The molecule has 0 unspecified atom stereocenters. The number of furan rings is 1. The summed E-state index contributed by atoms with van der Waals surface area (Å²) in [5.41, 5.74) is 5.66. The Morgan fingerprint density at radius 2 is 2.04 bits per heavy atom. The van der Waals surface area contributed by atoms with Gasteiger partial charge in [0.15, 0.2) is 5.76 Å². The van der Waals surface area contributed by atoms with Crippen molar-refractivity contribution >= 4 is 36.6 Å². The van der Waals surface area contributed by atoms with Gasteiger partial charge < -0.3 is 24.9 Å². The van der Waals surface area contributed by atoms with E-state index < -0.39 is 0 Å². The van der Waals surface area contributed by atoms with Gasteiger partial charge in [-0.05, 0) is 45.0 Å². The molecule has 2 aliphatic heterocycles. The Kier molecular flexibility index (Phi) is 9.08. The van der Waals surface area contributed by atoms with Crippen LogP contribution in [0, 0.1) is 5.92 Å². The Bertz CT molecular complexity index is 638. The molecule has 0 aromatic carbocycles. The van der Waals surface area contributed by atoms with Crippen molar-refractivity contribution in [1.82, 2.24) is 14.7 Å². The average molecular weight is 421 g/mol. The summed E-state index contributed by atoms with van der Waals surface area (Å²) in [4.78, 5) is 30.7. The highest BCUT2D eigenvalue weighted by molar-refractivity contribution is 5.91. The summed E-state index contributed by atoms with van der Waals surface area (Å²) in [6.07, 6.45) is 2.21. The molecule has 1 aromatic heterocycles. The van der Waals surface area contributed by atoms with E-state index in [2.05, 4.69) is 0 Å². The number of hydrogen-bond acceptors (Lipinski definition) is 5. The summed E-state index contributed by atoms with van der Waals surface area (Å²) in [5, 5.41) is 0. The van der Waals surface area contributed by atoms with E-state index in [-0.39, 0.29) is 42.7 Å². The smallest absolute Gasteiger partial charge is 0.289 e. The number of rotatable bonds is 5. The van der Waals surface area contributed by atoms with Crippen LogP contribution in [0.1, 0.15) is 35.6 Å². The van der Waals surface area contributed by atoms with Crippen LogP contribution in [-0.2, 0) is 11.3 Å². The number of likely N-dealkylation sites (tertiary alicyclic amines) is 2. The van der Waals surface area contributed by atoms with Crippen molar-refractivity contribution in [3.63, 3.8) is 0 Å². The first-order chi connectivity index (χ1) is 12.0. The van der Waals surface area contributed by atoms with Gasteiger partial charge in [0, 0.05) is 38.6 Å². The summed E-state index contributed by atoms with van der Waals surface area (Å²) in [7, 11) is 3.93. The summed E-state index contributed by atoms with van der Waals surface area (Å²) in [6.45, 7) is 3.10. The number of piperidine rings is 2. The fourth-order valence-corrected chi connectivity index (χ4v) is 4.01. The fourth-order valence-electron chi connectivity index (χ4n) is 4.01. The van der Waals surface area contributed by atoms with Crippen molar-refractivity contribution in [3.8, 4) is 0 Å². The molecule has 0 aliphatic carbocycles. The quantitative estimate of drug-likeness (QED) is 0.781. The molecule has 1 aromatic rings. The van der Waals surface area contributed by atoms with Crippen molar-refractivity contribution < 1.29 is 14.0 Å². The second kappa shape index (κ2) is 10.3. The second-order valence-corrected chi connectivity index (χ2v) is 7.29. The zero-order chi connectivity index (χ0) is 18.0. The molecule has 2 atom stereocenters. The van der Waals surface area contributed by atoms with Crippen molar-refractivity contribution in [1.29, 1.82) is 0 Å². The van der Waals surface area contributed by atoms with Gasteiger partial charge in [-0.2, -0.15) is 0 Å². The summed E-state index contributed by atoms with van der Waals surface area (Å²) < 4.78 is 5.71. The van der Waals surface area contributed by atoms with Crippen LogP contribution >= 0.6 is 24.8 Å². The van der Waals surface area contributed by atoms with Gasteiger partial charge in [-0.1, -0.05) is 0 Å². The third kappa shape index (κ3) is 5.38. The van der Waals surface area contributed by atoms with Gasteiger partial charge in [0.1, 0.15) is 5.76 Å². The van der Waals surface area contributed by atoms with Crippen molar-refractivity contribution in [2.45, 2.75) is 31.8 Å². The molecule has 3 heterocycles. The van der Waals surface area contributed by atoms with E-state index in [0.29, 0.717) is 50.8 Å². The van der Waals surface area contributed by atoms with Gasteiger partial charge in [0.05, 0.1) is 6.54 Å². The van der Waals surface area contributed by atoms with Crippen molar-refractivity contribution in [2.24, 2.45) is 11.7 Å². The van der Waals surface area contributed by atoms with Crippen molar-refractivity contribution in [2.75, 3.05) is 40.3 Å². The first kappa shape index (κ1) is 23.8. The SMILES string of the molecule is CN(C)Cc1ccc(C(=O)N2CC[C@@H]3[C@@H](CCC(=O)N3CCN)C2)o1.Cl.Cl. The Labute approximate surface area is 173 Å². The molecule has 0 spiro atoms. The van der Waals surface area contributed by atoms with Crippen LogP contribution in [0.3, 0.4) is 0 Å². The summed E-state index contributed by atoms with van der Waals surface area (Å²) >= 11 is 0. The summed E-state index contributed by atoms with van der Waals surface area (Å²) in [6, 6.07) is 3.84. The van der Waals surface area contributed by atoms with Crippen LogP contribution in [0.2, 0.25) is 0 Å². The van der Waals surface area contributed by atoms with Crippen LogP contribution < -0.4 is 5.73 Å². The molecule has 0 saturated carbocycles. The Hall–Kier alpha value is -1.28. The lowest BCUT2D eigenvalue weighted by Crippen LogP contribution is -2.57. The van der Waals surface area contributed by atoms with Crippen LogP contribution in [0.4, 0.5) is 0 Å². The lowest BCUT2D eigenvalue weighted by molar-refractivity contribution is -0.140. The van der Waals surface area contributed by atoms with Gasteiger partial charge in [0.25, 0.3) is 5.91 Å². The largest absolute Gasteiger partial charge is 0.455 e. The highest BCUT2D eigenvalue weighted by Gasteiger charge is 2.40. The minimum atomic E-state index is -0.0502. The second-order valence-electron chi connectivity index (χ2n) is 7.29. The molecule has 3 rings (SSSR count). The number of fused-ring (bicyclic) bond motifs is 1. The van der Waals surface area contributed by atoms with Crippen LogP contribution in [0.5, 0.6) is 0 Å². The maximum Gasteiger partial charge on any atom is 0.289 e. The number of halogens is 2. The first-order valence-electron chi connectivity index (χ1n) is 9.02. The van der Waals surface area contributed by atoms with E-state index in [9.17, 15) is 9.59 Å². The normalized spacial score (nSPS) is 22.1. The Morgan fingerprint density at radius 3 is 2.70 bits per heavy atom. The first-order valence-corrected chi connectivity index (χ1v) is 9.02. The lowest BCUT2D eigenvalue weighted by Gasteiger charge is -2.46. The molecule has 2 fully saturated rings. The number of amides is 2. The van der Waals surface area contributed by atoms with Gasteiger partial charge >= 0.3 is 0 Å². The van der Waals surface area contributed by atoms with Crippen LogP contribution in [0.25, 0.3) is 0 Å². The van der Waals surface area contributed by atoms with Gasteiger partial charge in [-0.25, -0.2) is 0 Å². The molecule has 2 N–H and O–H groups in total. The molecule has 27 heavy (non-hydrogen) atoms. The van der Waals surface area contributed by atoms with E-state index in [0.717, 1.165) is 18.6 Å². The third-order valence-electron chi connectivity index (χ3n) is 5.15. The minimum absolute atomic E-state index is 0. The number of carbonyl (C=O) groups is 2. The molecule has 2 amide bonds. The number of hydrogen-bond donors (Lipinski definition) is 1. The monoisotopic (exact) mass is 420 g/mol. The summed E-state index contributed by atoms with van der Waals surface area (Å²) in [5.74, 6) is 1.68. The molecule has 2 aliphatic rings. The van der Waals surface area contributed by atoms with Crippen molar-refractivity contribution in [3.05, 3.63) is 23.7 Å². The van der Waals surface area contributed by atoms with E-state index in [1.807, 2.05) is 34.9 Å². The average Bonchev–Trinajstić information content (AvgIpc) is 3.04. The molecule has 0 bridgehead atoms. The minimum Gasteiger partial charge on any atom is -0.455 e. The molecule has 2 saturated heterocycles. The van der Waals surface area contributed by atoms with Gasteiger partial charge in [-0.15, -0.1) is 24.8 Å². The fraction of sp³-hybridized carbons (Fsp3) is 0.667. The highest BCUT2D eigenvalue weighted by atomic mass is 35.5. The molecule has 7 nitrogen and oxygen atoms in total. The molecule has 154 valence electrons. The number of nitrogens with two attached hydrogens (primary N) is 1. The zero-order valence-electron chi connectivity index (χ0n) is 15.9. The molecular formula is C18H30Cl2N4O3. The zero-order valence-corrected chi connectivity index (χ0v) is 17.6. The van der Waals surface area contributed by atoms with E-state index >= 15 is 0 Å². The van der Waals surface area contributed by atoms with Crippen LogP contribution in [0.15, 0.2) is 16.5 Å².